The van der Waals surface area contributed by atoms with E-state index in [2.05, 4.69) is 6.07 Å². The number of fused-ring (bicyclic) bond motifs is 1. The summed E-state index contributed by atoms with van der Waals surface area (Å²) in [7, 11) is 0. The fourth-order valence-electron chi connectivity index (χ4n) is 3.51. The maximum Gasteiger partial charge on any atom is 0.260 e. The van der Waals surface area contributed by atoms with Gasteiger partial charge in [-0.15, -0.1) is 11.3 Å². The molecule has 1 aliphatic rings. The van der Waals surface area contributed by atoms with Gasteiger partial charge in [-0.25, -0.2) is 4.98 Å². The SMILES string of the molecule is CCOc1ccc(OCC(=O)N2CCC[C@@H](c3nc4ccccc4s3)C2)cc1. The number of piperidine rings is 1. The summed E-state index contributed by atoms with van der Waals surface area (Å²) in [5.74, 6) is 1.81. The fraction of sp³-hybridized carbons (Fsp3) is 0.364. The third-order valence-electron chi connectivity index (χ3n) is 4.93. The number of aromatic nitrogens is 1. The molecular formula is C22H24N2O3S. The van der Waals surface area contributed by atoms with Crippen LogP contribution in [-0.4, -0.2) is 42.1 Å². The molecule has 0 saturated carbocycles. The number of rotatable bonds is 6. The summed E-state index contributed by atoms with van der Waals surface area (Å²) in [5, 5.41) is 1.13. The van der Waals surface area contributed by atoms with Gasteiger partial charge in [0.25, 0.3) is 5.91 Å². The highest BCUT2D eigenvalue weighted by atomic mass is 32.1. The highest BCUT2D eigenvalue weighted by Gasteiger charge is 2.27. The lowest BCUT2D eigenvalue weighted by Gasteiger charge is -2.31. The number of nitrogens with zero attached hydrogens (tertiary/aromatic N) is 2. The zero-order valence-electron chi connectivity index (χ0n) is 16.0. The summed E-state index contributed by atoms with van der Waals surface area (Å²) < 4.78 is 12.3. The van der Waals surface area contributed by atoms with Gasteiger partial charge in [0, 0.05) is 19.0 Å². The molecule has 5 nitrogen and oxygen atoms in total. The quantitative estimate of drug-likeness (QED) is 0.616. The highest BCUT2D eigenvalue weighted by Crippen LogP contribution is 2.33. The Morgan fingerprint density at radius 1 is 1.14 bits per heavy atom. The van der Waals surface area contributed by atoms with Crippen molar-refractivity contribution in [3.05, 3.63) is 53.5 Å². The van der Waals surface area contributed by atoms with E-state index in [0.29, 0.717) is 24.8 Å². The molecule has 2 aromatic carbocycles. The molecule has 0 unspecified atom stereocenters. The number of amides is 1. The van der Waals surface area contributed by atoms with Gasteiger partial charge in [0.2, 0.25) is 0 Å². The molecule has 2 heterocycles. The largest absolute Gasteiger partial charge is 0.494 e. The van der Waals surface area contributed by atoms with Gasteiger partial charge in [0.15, 0.2) is 6.61 Å². The third kappa shape index (κ3) is 4.28. The van der Waals surface area contributed by atoms with Crippen molar-refractivity contribution in [3.63, 3.8) is 0 Å². The summed E-state index contributed by atoms with van der Waals surface area (Å²) in [6, 6.07) is 15.6. The first-order chi connectivity index (χ1) is 13.7. The van der Waals surface area contributed by atoms with Gasteiger partial charge in [-0.05, 0) is 56.2 Å². The third-order valence-corrected chi connectivity index (χ3v) is 6.13. The van der Waals surface area contributed by atoms with Crippen molar-refractivity contribution < 1.29 is 14.3 Å². The summed E-state index contributed by atoms with van der Waals surface area (Å²) in [4.78, 5) is 19.3. The van der Waals surface area contributed by atoms with Gasteiger partial charge >= 0.3 is 0 Å². The van der Waals surface area contributed by atoms with Gasteiger partial charge in [-0.3, -0.25) is 4.79 Å². The van der Waals surface area contributed by atoms with Crippen LogP contribution in [-0.2, 0) is 4.79 Å². The summed E-state index contributed by atoms with van der Waals surface area (Å²) >= 11 is 1.74. The van der Waals surface area contributed by atoms with Crippen LogP contribution in [0.3, 0.4) is 0 Å². The van der Waals surface area contributed by atoms with E-state index in [1.807, 2.05) is 54.3 Å². The average Bonchev–Trinajstić information content (AvgIpc) is 3.18. The summed E-state index contributed by atoms with van der Waals surface area (Å²) in [5.41, 5.74) is 1.05. The Morgan fingerprint density at radius 2 is 1.89 bits per heavy atom. The minimum absolute atomic E-state index is 0.0275. The van der Waals surface area contributed by atoms with Crippen LogP contribution >= 0.6 is 11.3 Å². The van der Waals surface area contributed by atoms with E-state index in [9.17, 15) is 4.79 Å². The Kier molecular flexibility index (Phi) is 5.76. The molecule has 1 atom stereocenters. The molecule has 1 saturated heterocycles. The molecule has 1 amide bonds. The van der Waals surface area contributed by atoms with Gasteiger partial charge in [-0.1, -0.05) is 12.1 Å². The number of ether oxygens (including phenoxy) is 2. The first-order valence-corrected chi connectivity index (χ1v) is 10.5. The Morgan fingerprint density at radius 3 is 2.64 bits per heavy atom. The van der Waals surface area contributed by atoms with Crippen LogP contribution in [0.5, 0.6) is 11.5 Å². The maximum absolute atomic E-state index is 12.6. The lowest BCUT2D eigenvalue weighted by atomic mass is 9.99. The minimum Gasteiger partial charge on any atom is -0.494 e. The average molecular weight is 397 g/mol. The number of hydrogen-bond acceptors (Lipinski definition) is 5. The van der Waals surface area contributed by atoms with Gasteiger partial charge in [0.1, 0.15) is 11.5 Å². The van der Waals surface area contributed by atoms with Crippen molar-refractivity contribution in [1.82, 2.24) is 9.88 Å². The number of thiazole rings is 1. The molecule has 0 bridgehead atoms. The second kappa shape index (κ2) is 8.61. The van der Waals surface area contributed by atoms with Crippen LogP contribution in [0.15, 0.2) is 48.5 Å². The molecular weight excluding hydrogens is 372 g/mol. The van der Waals surface area contributed by atoms with Gasteiger partial charge in [0.05, 0.1) is 21.8 Å². The van der Waals surface area contributed by atoms with Gasteiger partial charge in [-0.2, -0.15) is 0 Å². The van der Waals surface area contributed by atoms with Crippen molar-refractivity contribution in [2.75, 3.05) is 26.3 Å². The van der Waals surface area contributed by atoms with E-state index in [1.165, 1.54) is 4.70 Å². The first-order valence-electron chi connectivity index (χ1n) is 9.72. The normalized spacial score (nSPS) is 16.9. The van der Waals surface area contributed by atoms with Crippen molar-refractivity contribution >= 4 is 27.5 Å². The van der Waals surface area contributed by atoms with E-state index < -0.39 is 0 Å². The highest BCUT2D eigenvalue weighted by molar-refractivity contribution is 7.18. The van der Waals surface area contributed by atoms with E-state index in [1.54, 1.807) is 11.3 Å². The van der Waals surface area contributed by atoms with E-state index in [0.717, 1.165) is 35.7 Å². The molecule has 0 spiro atoms. The van der Waals surface area contributed by atoms with Crippen molar-refractivity contribution in [3.8, 4) is 11.5 Å². The number of likely N-dealkylation sites (tertiary alicyclic amines) is 1. The number of hydrogen-bond donors (Lipinski definition) is 0. The van der Waals surface area contributed by atoms with Crippen molar-refractivity contribution in [2.24, 2.45) is 0 Å². The number of para-hydroxylation sites is 1. The predicted molar refractivity (Wildman–Crippen MR) is 111 cm³/mol. The summed E-state index contributed by atoms with van der Waals surface area (Å²) in [6.07, 6.45) is 2.07. The van der Waals surface area contributed by atoms with E-state index >= 15 is 0 Å². The molecule has 1 aliphatic heterocycles. The zero-order valence-corrected chi connectivity index (χ0v) is 16.8. The monoisotopic (exact) mass is 396 g/mol. The molecule has 1 aromatic heterocycles. The maximum atomic E-state index is 12.6. The molecule has 3 aromatic rings. The minimum atomic E-state index is 0.0275. The standard InChI is InChI=1S/C22H24N2O3S/c1-2-26-17-9-11-18(12-10-17)27-15-21(25)24-13-5-6-16(14-24)22-23-19-7-3-4-8-20(19)28-22/h3-4,7-12,16H,2,5-6,13-15H2,1H3/t16-/m1/s1. The number of benzene rings is 2. The number of carbonyl (C=O) groups is 1. The number of carbonyl (C=O) groups excluding carboxylic acids is 1. The molecule has 0 aliphatic carbocycles. The Balaban J connectivity index is 1.35. The van der Waals surface area contributed by atoms with Crippen LogP contribution in [0, 0.1) is 0 Å². The molecule has 6 heteroatoms. The Labute approximate surface area is 168 Å². The van der Waals surface area contributed by atoms with E-state index in [-0.39, 0.29) is 12.5 Å². The predicted octanol–water partition coefficient (Wildman–Crippen LogP) is 4.48. The second-order valence-electron chi connectivity index (χ2n) is 6.89. The van der Waals surface area contributed by atoms with E-state index in [4.69, 9.17) is 14.5 Å². The second-order valence-corrected chi connectivity index (χ2v) is 7.95. The van der Waals surface area contributed by atoms with Crippen LogP contribution in [0.2, 0.25) is 0 Å². The molecule has 1 fully saturated rings. The Hall–Kier alpha value is -2.60. The molecule has 146 valence electrons. The van der Waals surface area contributed by atoms with Crippen LogP contribution in [0.4, 0.5) is 0 Å². The van der Waals surface area contributed by atoms with Crippen LogP contribution < -0.4 is 9.47 Å². The van der Waals surface area contributed by atoms with Crippen LogP contribution in [0.25, 0.3) is 10.2 Å². The molecule has 0 N–H and O–H groups in total. The molecule has 28 heavy (non-hydrogen) atoms. The van der Waals surface area contributed by atoms with Gasteiger partial charge < -0.3 is 14.4 Å². The topological polar surface area (TPSA) is 51.7 Å². The molecule has 0 radical (unpaired) electrons. The van der Waals surface area contributed by atoms with Crippen LogP contribution in [0.1, 0.15) is 30.7 Å². The lowest BCUT2D eigenvalue weighted by molar-refractivity contribution is -0.134. The lowest BCUT2D eigenvalue weighted by Crippen LogP contribution is -2.41. The smallest absolute Gasteiger partial charge is 0.260 e. The first kappa shape index (κ1) is 18.7. The fourth-order valence-corrected chi connectivity index (χ4v) is 4.60. The van der Waals surface area contributed by atoms with Crippen molar-refractivity contribution in [2.45, 2.75) is 25.7 Å². The molecule has 4 rings (SSSR count). The Bertz CT molecular complexity index is 905. The van der Waals surface area contributed by atoms with Crippen molar-refractivity contribution in [1.29, 1.82) is 0 Å². The zero-order chi connectivity index (χ0) is 19.3. The summed E-state index contributed by atoms with van der Waals surface area (Å²) in [6.45, 7) is 4.13.